The van der Waals surface area contributed by atoms with Crippen molar-refractivity contribution in [3.63, 3.8) is 0 Å². The molecule has 1 amide bonds. The fourth-order valence-electron chi connectivity index (χ4n) is 2.90. The first-order chi connectivity index (χ1) is 10.6. The molecule has 1 aliphatic carbocycles. The molecule has 2 aromatic heterocycles. The summed E-state index contributed by atoms with van der Waals surface area (Å²) in [6, 6.07) is 5.43. The molecule has 2 aromatic rings. The van der Waals surface area contributed by atoms with Crippen LogP contribution in [0.2, 0.25) is 0 Å². The quantitative estimate of drug-likeness (QED) is 0.907. The average molecular weight is 300 g/mol. The highest BCUT2D eigenvalue weighted by Crippen LogP contribution is 2.23. The van der Waals surface area contributed by atoms with Crippen LogP contribution in [0, 0.1) is 5.92 Å². The molecule has 2 N–H and O–H groups in total. The van der Waals surface area contributed by atoms with Crippen molar-refractivity contribution in [2.75, 3.05) is 6.54 Å². The Morgan fingerprint density at radius 3 is 3.14 bits per heavy atom. The Kier molecular flexibility index (Phi) is 4.13. The molecule has 3 rings (SSSR count). The van der Waals surface area contributed by atoms with Crippen LogP contribution in [0.4, 0.5) is 0 Å². The minimum atomic E-state index is -0.325. The van der Waals surface area contributed by atoms with Crippen LogP contribution in [0.15, 0.2) is 33.7 Å². The van der Waals surface area contributed by atoms with E-state index in [4.69, 9.17) is 4.42 Å². The SMILES string of the molecule is C[C@H]1CCc2[nH]c(=O)c(C(=O)NCCc3ccco3)cc2C1. The largest absolute Gasteiger partial charge is 0.469 e. The fraction of sp³-hybridized carbons (Fsp3) is 0.412. The summed E-state index contributed by atoms with van der Waals surface area (Å²) in [5.41, 5.74) is 1.97. The lowest BCUT2D eigenvalue weighted by molar-refractivity contribution is 0.0952. The number of pyridine rings is 1. The Labute approximate surface area is 128 Å². The van der Waals surface area contributed by atoms with Gasteiger partial charge in [-0.2, -0.15) is 0 Å². The number of hydrogen-bond donors (Lipinski definition) is 2. The number of hydrogen-bond acceptors (Lipinski definition) is 3. The smallest absolute Gasteiger partial charge is 0.261 e. The summed E-state index contributed by atoms with van der Waals surface area (Å²) in [6.07, 6.45) is 5.09. The third kappa shape index (κ3) is 3.13. The Morgan fingerprint density at radius 2 is 2.36 bits per heavy atom. The molecule has 1 atom stereocenters. The molecule has 0 unspecified atom stereocenters. The predicted octanol–water partition coefficient (Wildman–Crippen LogP) is 2.07. The third-order valence-corrected chi connectivity index (χ3v) is 4.15. The van der Waals surface area contributed by atoms with E-state index in [0.717, 1.165) is 36.3 Å². The van der Waals surface area contributed by atoms with Crippen molar-refractivity contribution in [2.24, 2.45) is 5.92 Å². The highest BCUT2D eigenvalue weighted by Gasteiger charge is 2.19. The number of furan rings is 1. The summed E-state index contributed by atoms with van der Waals surface area (Å²) in [7, 11) is 0. The molecule has 116 valence electrons. The summed E-state index contributed by atoms with van der Waals surface area (Å²) < 4.78 is 5.21. The van der Waals surface area contributed by atoms with E-state index in [2.05, 4.69) is 17.2 Å². The van der Waals surface area contributed by atoms with Crippen molar-refractivity contribution in [1.29, 1.82) is 0 Å². The predicted molar refractivity (Wildman–Crippen MR) is 83.0 cm³/mol. The Balaban J connectivity index is 1.69. The monoisotopic (exact) mass is 300 g/mol. The third-order valence-electron chi connectivity index (χ3n) is 4.15. The first kappa shape index (κ1) is 14.6. The minimum Gasteiger partial charge on any atom is -0.469 e. The zero-order valence-electron chi connectivity index (χ0n) is 12.6. The van der Waals surface area contributed by atoms with Gasteiger partial charge < -0.3 is 14.7 Å². The van der Waals surface area contributed by atoms with Crippen LogP contribution in [0.5, 0.6) is 0 Å². The van der Waals surface area contributed by atoms with Gasteiger partial charge in [0.2, 0.25) is 0 Å². The summed E-state index contributed by atoms with van der Waals surface area (Å²) >= 11 is 0. The van der Waals surface area contributed by atoms with E-state index >= 15 is 0 Å². The van der Waals surface area contributed by atoms with Gasteiger partial charge in [-0.1, -0.05) is 6.92 Å². The lowest BCUT2D eigenvalue weighted by Gasteiger charge is -2.21. The molecular weight excluding hydrogens is 280 g/mol. The van der Waals surface area contributed by atoms with E-state index < -0.39 is 0 Å². The maximum absolute atomic E-state index is 12.2. The maximum atomic E-state index is 12.2. The average Bonchev–Trinajstić information content (AvgIpc) is 3.00. The van der Waals surface area contributed by atoms with Gasteiger partial charge in [-0.3, -0.25) is 9.59 Å². The minimum absolute atomic E-state index is 0.201. The number of aryl methyl sites for hydroxylation is 1. The molecule has 0 fully saturated rings. The van der Waals surface area contributed by atoms with Gasteiger partial charge in [0, 0.05) is 18.7 Å². The van der Waals surface area contributed by atoms with E-state index in [-0.39, 0.29) is 17.0 Å². The first-order valence-electron chi connectivity index (χ1n) is 7.69. The van der Waals surface area contributed by atoms with Crippen LogP contribution in [-0.2, 0) is 19.3 Å². The van der Waals surface area contributed by atoms with Crippen LogP contribution < -0.4 is 10.9 Å². The number of carbonyl (C=O) groups excluding carboxylic acids is 1. The molecule has 0 aliphatic heterocycles. The summed E-state index contributed by atoms with van der Waals surface area (Å²) in [6.45, 7) is 2.64. The zero-order chi connectivity index (χ0) is 15.5. The topological polar surface area (TPSA) is 75.1 Å². The van der Waals surface area contributed by atoms with E-state index in [1.807, 2.05) is 12.1 Å². The van der Waals surface area contributed by atoms with Crippen LogP contribution in [-0.4, -0.2) is 17.4 Å². The number of amides is 1. The summed E-state index contributed by atoms with van der Waals surface area (Å²) in [5, 5.41) is 2.78. The zero-order valence-corrected chi connectivity index (χ0v) is 12.6. The lowest BCUT2D eigenvalue weighted by Crippen LogP contribution is -2.32. The molecule has 5 nitrogen and oxygen atoms in total. The van der Waals surface area contributed by atoms with Crippen LogP contribution in [0.3, 0.4) is 0 Å². The molecule has 0 spiro atoms. The normalized spacial score (nSPS) is 17.0. The van der Waals surface area contributed by atoms with Crippen molar-refractivity contribution in [2.45, 2.75) is 32.6 Å². The van der Waals surface area contributed by atoms with Gasteiger partial charge in [0.05, 0.1) is 6.26 Å². The number of nitrogens with one attached hydrogen (secondary N) is 2. The second kappa shape index (κ2) is 6.22. The van der Waals surface area contributed by atoms with E-state index in [0.29, 0.717) is 18.9 Å². The number of aromatic amines is 1. The van der Waals surface area contributed by atoms with Crippen molar-refractivity contribution in [3.05, 3.63) is 57.4 Å². The molecule has 0 aromatic carbocycles. The maximum Gasteiger partial charge on any atom is 0.261 e. The first-order valence-corrected chi connectivity index (χ1v) is 7.69. The number of fused-ring (bicyclic) bond motifs is 1. The molecule has 0 saturated heterocycles. The van der Waals surface area contributed by atoms with Gasteiger partial charge >= 0.3 is 0 Å². The van der Waals surface area contributed by atoms with Gasteiger partial charge in [-0.15, -0.1) is 0 Å². The van der Waals surface area contributed by atoms with Gasteiger partial charge in [0.25, 0.3) is 11.5 Å². The standard InChI is InChI=1S/C17H20N2O3/c1-11-4-5-15-12(9-11)10-14(17(21)19-15)16(20)18-7-6-13-3-2-8-22-13/h2-3,8,10-11H,4-7,9H2,1H3,(H,18,20)(H,19,21)/t11-/m0/s1. The van der Waals surface area contributed by atoms with Crippen molar-refractivity contribution >= 4 is 5.91 Å². The summed E-state index contributed by atoms with van der Waals surface area (Å²) in [4.78, 5) is 27.1. The van der Waals surface area contributed by atoms with E-state index in [1.54, 1.807) is 12.3 Å². The van der Waals surface area contributed by atoms with Crippen LogP contribution >= 0.6 is 0 Å². The fourth-order valence-corrected chi connectivity index (χ4v) is 2.90. The van der Waals surface area contributed by atoms with Gasteiger partial charge in [-0.25, -0.2) is 0 Å². The molecule has 5 heteroatoms. The summed E-state index contributed by atoms with van der Waals surface area (Å²) in [5.74, 6) is 1.08. The Hall–Kier alpha value is -2.30. The molecule has 0 bridgehead atoms. The van der Waals surface area contributed by atoms with Crippen LogP contribution in [0.1, 0.15) is 40.7 Å². The number of rotatable bonds is 4. The number of carbonyl (C=O) groups is 1. The Bertz CT molecular complexity index is 716. The lowest BCUT2D eigenvalue weighted by atomic mass is 9.87. The molecule has 2 heterocycles. The highest BCUT2D eigenvalue weighted by atomic mass is 16.3. The molecule has 1 aliphatic rings. The van der Waals surface area contributed by atoms with Crippen molar-refractivity contribution < 1.29 is 9.21 Å². The van der Waals surface area contributed by atoms with Gasteiger partial charge in [-0.05, 0) is 48.9 Å². The Morgan fingerprint density at radius 1 is 1.50 bits per heavy atom. The van der Waals surface area contributed by atoms with Gasteiger partial charge in [0.1, 0.15) is 11.3 Å². The van der Waals surface area contributed by atoms with Crippen molar-refractivity contribution in [1.82, 2.24) is 10.3 Å². The number of aromatic nitrogens is 1. The van der Waals surface area contributed by atoms with E-state index in [9.17, 15) is 9.59 Å². The second-order valence-electron chi connectivity index (χ2n) is 5.95. The highest BCUT2D eigenvalue weighted by molar-refractivity contribution is 5.94. The molecule has 0 saturated carbocycles. The molecular formula is C17H20N2O3. The van der Waals surface area contributed by atoms with Gasteiger partial charge in [0.15, 0.2) is 0 Å². The molecule has 22 heavy (non-hydrogen) atoms. The van der Waals surface area contributed by atoms with Crippen molar-refractivity contribution in [3.8, 4) is 0 Å². The van der Waals surface area contributed by atoms with Crippen LogP contribution in [0.25, 0.3) is 0 Å². The molecule has 0 radical (unpaired) electrons. The number of H-pyrrole nitrogens is 1. The second-order valence-corrected chi connectivity index (χ2v) is 5.95. The van der Waals surface area contributed by atoms with E-state index in [1.165, 1.54) is 0 Å².